The molecule has 0 fully saturated rings. The van der Waals surface area contributed by atoms with Gasteiger partial charge in [-0.1, -0.05) is 30.7 Å². The summed E-state index contributed by atoms with van der Waals surface area (Å²) in [6.45, 7) is 6.80. The quantitative estimate of drug-likeness (QED) is 0.684. The number of aliphatic carboxylic acids is 1. The van der Waals surface area contributed by atoms with Gasteiger partial charge in [0.05, 0.1) is 6.10 Å². The number of hydrogen-bond donors (Lipinski definition) is 3. The summed E-state index contributed by atoms with van der Waals surface area (Å²) >= 11 is 0. The Labute approximate surface area is 120 Å². The molecule has 0 aliphatic rings. The van der Waals surface area contributed by atoms with Crippen LogP contribution in [0.15, 0.2) is 18.2 Å². The minimum atomic E-state index is -0.832. The second-order valence-electron chi connectivity index (χ2n) is 5.30. The molecule has 0 aliphatic carbocycles. The second kappa shape index (κ2) is 8.02. The molecule has 2 unspecified atom stereocenters. The Bertz CT molecular complexity index is 445. The van der Waals surface area contributed by atoms with E-state index in [9.17, 15) is 9.90 Å². The van der Waals surface area contributed by atoms with Gasteiger partial charge in [0, 0.05) is 12.5 Å². The third-order valence-electron chi connectivity index (χ3n) is 3.45. The molecule has 0 saturated carbocycles. The number of carboxylic acids is 1. The summed E-state index contributed by atoms with van der Waals surface area (Å²) in [6, 6.07) is 5.70. The Morgan fingerprint density at radius 3 is 2.60 bits per heavy atom. The molecular weight excluding hydrogens is 254 g/mol. The number of hydrogen-bond acceptors (Lipinski definition) is 3. The SMILES string of the molecule is CCCNC(CCC(=O)O)C(O)c1ccc(C)cc1C. The lowest BCUT2D eigenvalue weighted by molar-refractivity contribution is -0.137. The molecule has 3 N–H and O–H groups in total. The van der Waals surface area contributed by atoms with Crippen LogP contribution in [0.4, 0.5) is 0 Å². The molecule has 4 nitrogen and oxygen atoms in total. The normalized spacial score (nSPS) is 14.0. The zero-order valence-corrected chi connectivity index (χ0v) is 12.5. The smallest absolute Gasteiger partial charge is 0.303 e. The van der Waals surface area contributed by atoms with E-state index in [1.807, 2.05) is 39.0 Å². The first-order chi connectivity index (χ1) is 9.45. The minimum absolute atomic E-state index is 0.0589. The first-order valence-electron chi connectivity index (χ1n) is 7.16. The number of aliphatic hydroxyl groups is 1. The fraction of sp³-hybridized carbons (Fsp3) is 0.562. The van der Waals surface area contributed by atoms with E-state index < -0.39 is 12.1 Å². The number of benzene rings is 1. The summed E-state index contributed by atoms with van der Waals surface area (Å²) < 4.78 is 0. The molecule has 20 heavy (non-hydrogen) atoms. The molecule has 0 aromatic heterocycles. The minimum Gasteiger partial charge on any atom is -0.481 e. The maximum Gasteiger partial charge on any atom is 0.303 e. The van der Waals surface area contributed by atoms with Crippen molar-refractivity contribution in [1.29, 1.82) is 0 Å². The van der Waals surface area contributed by atoms with Crippen LogP contribution < -0.4 is 5.32 Å². The fourth-order valence-corrected chi connectivity index (χ4v) is 2.35. The van der Waals surface area contributed by atoms with Gasteiger partial charge in [-0.25, -0.2) is 0 Å². The van der Waals surface area contributed by atoms with E-state index in [-0.39, 0.29) is 12.5 Å². The van der Waals surface area contributed by atoms with Crippen molar-refractivity contribution in [3.05, 3.63) is 34.9 Å². The van der Waals surface area contributed by atoms with Gasteiger partial charge >= 0.3 is 5.97 Å². The molecule has 0 spiro atoms. The number of nitrogens with one attached hydrogen (secondary N) is 1. The third-order valence-corrected chi connectivity index (χ3v) is 3.45. The molecule has 0 amide bonds. The first-order valence-corrected chi connectivity index (χ1v) is 7.16. The highest BCUT2D eigenvalue weighted by atomic mass is 16.4. The van der Waals surface area contributed by atoms with Gasteiger partial charge in [0.2, 0.25) is 0 Å². The van der Waals surface area contributed by atoms with E-state index in [1.54, 1.807) is 0 Å². The van der Waals surface area contributed by atoms with Gasteiger partial charge < -0.3 is 15.5 Å². The predicted octanol–water partition coefficient (Wildman–Crippen LogP) is 2.57. The molecule has 0 heterocycles. The number of carboxylic acid groups (broad SMARTS) is 1. The Hall–Kier alpha value is -1.39. The molecule has 2 atom stereocenters. The number of carbonyl (C=O) groups is 1. The average Bonchev–Trinajstić information content (AvgIpc) is 2.38. The summed E-state index contributed by atoms with van der Waals surface area (Å²) in [5, 5.41) is 22.6. The summed E-state index contributed by atoms with van der Waals surface area (Å²) in [5.41, 5.74) is 3.06. The van der Waals surface area contributed by atoms with Crippen molar-refractivity contribution < 1.29 is 15.0 Å². The van der Waals surface area contributed by atoms with Crippen molar-refractivity contribution in [2.24, 2.45) is 0 Å². The first kappa shape index (κ1) is 16.7. The maximum atomic E-state index is 10.7. The van der Waals surface area contributed by atoms with Crippen molar-refractivity contribution in [1.82, 2.24) is 5.32 Å². The predicted molar refractivity (Wildman–Crippen MR) is 79.8 cm³/mol. The van der Waals surface area contributed by atoms with Crippen LogP contribution in [0.25, 0.3) is 0 Å². The van der Waals surface area contributed by atoms with Crippen LogP contribution >= 0.6 is 0 Å². The van der Waals surface area contributed by atoms with Crippen LogP contribution in [0.5, 0.6) is 0 Å². The third kappa shape index (κ3) is 4.94. The van der Waals surface area contributed by atoms with Crippen molar-refractivity contribution in [2.75, 3.05) is 6.54 Å². The Kier molecular flexibility index (Phi) is 6.68. The molecule has 1 aromatic rings. The lowest BCUT2D eigenvalue weighted by atomic mass is 9.94. The lowest BCUT2D eigenvalue weighted by Gasteiger charge is -2.25. The highest BCUT2D eigenvalue weighted by Crippen LogP contribution is 2.24. The summed E-state index contributed by atoms with van der Waals surface area (Å²) in [4.78, 5) is 10.7. The summed E-state index contributed by atoms with van der Waals surface area (Å²) in [5.74, 6) is -0.832. The van der Waals surface area contributed by atoms with Gasteiger partial charge in [-0.15, -0.1) is 0 Å². The van der Waals surface area contributed by atoms with Gasteiger partial charge in [-0.05, 0) is 44.4 Å². The van der Waals surface area contributed by atoms with E-state index >= 15 is 0 Å². The molecule has 1 aromatic carbocycles. The molecule has 1 rings (SSSR count). The van der Waals surface area contributed by atoms with Crippen LogP contribution in [0, 0.1) is 13.8 Å². The number of aliphatic hydroxyl groups excluding tert-OH is 1. The van der Waals surface area contributed by atoms with Gasteiger partial charge in [0.1, 0.15) is 0 Å². The molecule has 112 valence electrons. The van der Waals surface area contributed by atoms with Gasteiger partial charge in [0.25, 0.3) is 0 Å². The molecule has 0 aliphatic heterocycles. The van der Waals surface area contributed by atoms with Crippen molar-refractivity contribution >= 4 is 5.97 Å². The average molecular weight is 279 g/mol. The van der Waals surface area contributed by atoms with E-state index in [0.29, 0.717) is 6.42 Å². The van der Waals surface area contributed by atoms with Crippen molar-refractivity contribution in [3.63, 3.8) is 0 Å². The molecule has 0 saturated heterocycles. The number of aryl methyl sites for hydroxylation is 2. The van der Waals surface area contributed by atoms with Gasteiger partial charge in [-0.2, -0.15) is 0 Å². The lowest BCUT2D eigenvalue weighted by Crippen LogP contribution is -2.36. The summed E-state index contributed by atoms with van der Waals surface area (Å²) in [7, 11) is 0. The van der Waals surface area contributed by atoms with Crippen LogP contribution in [-0.4, -0.2) is 28.8 Å². The Morgan fingerprint density at radius 2 is 2.05 bits per heavy atom. The molecular formula is C16H25NO3. The Morgan fingerprint density at radius 1 is 1.35 bits per heavy atom. The zero-order valence-electron chi connectivity index (χ0n) is 12.5. The Balaban J connectivity index is 2.84. The standard InChI is InChI=1S/C16H25NO3/c1-4-9-17-14(7-8-15(18)19)16(20)13-6-5-11(2)10-12(13)3/h5-6,10,14,16-17,20H,4,7-9H2,1-3H3,(H,18,19). The largest absolute Gasteiger partial charge is 0.481 e. The van der Waals surface area contributed by atoms with Crippen LogP contribution in [-0.2, 0) is 4.79 Å². The number of rotatable bonds is 8. The molecule has 0 bridgehead atoms. The van der Waals surface area contributed by atoms with Gasteiger partial charge in [-0.3, -0.25) is 4.79 Å². The topological polar surface area (TPSA) is 69.6 Å². The van der Waals surface area contributed by atoms with E-state index in [1.165, 1.54) is 0 Å². The highest BCUT2D eigenvalue weighted by Gasteiger charge is 2.22. The zero-order chi connectivity index (χ0) is 15.1. The van der Waals surface area contributed by atoms with Gasteiger partial charge in [0.15, 0.2) is 0 Å². The maximum absolute atomic E-state index is 10.7. The van der Waals surface area contributed by atoms with E-state index in [2.05, 4.69) is 5.32 Å². The monoisotopic (exact) mass is 279 g/mol. The second-order valence-corrected chi connectivity index (χ2v) is 5.30. The van der Waals surface area contributed by atoms with E-state index in [4.69, 9.17) is 5.11 Å². The molecule has 4 heteroatoms. The van der Waals surface area contributed by atoms with E-state index in [0.717, 1.165) is 29.7 Å². The fourth-order valence-electron chi connectivity index (χ4n) is 2.35. The summed E-state index contributed by atoms with van der Waals surface area (Å²) in [6.07, 6.45) is 0.748. The van der Waals surface area contributed by atoms with Crippen molar-refractivity contribution in [3.8, 4) is 0 Å². The molecule has 0 radical (unpaired) electrons. The van der Waals surface area contributed by atoms with Crippen LogP contribution in [0.2, 0.25) is 0 Å². The highest BCUT2D eigenvalue weighted by molar-refractivity contribution is 5.66. The van der Waals surface area contributed by atoms with Crippen molar-refractivity contribution in [2.45, 2.75) is 52.2 Å². The van der Waals surface area contributed by atoms with Crippen LogP contribution in [0.1, 0.15) is 49.0 Å². The van der Waals surface area contributed by atoms with Crippen LogP contribution in [0.3, 0.4) is 0 Å².